The number of amides is 1. The molecular formula is C22H28N4O. The van der Waals surface area contributed by atoms with Gasteiger partial charge in [-0.2, -0.15) is 0 Å². The molecule has 0 spiro atoms. The van der Waals surface area contributed by atoms with Crippen molar-refractivity contribution in [1.29, 1.82) is 0 Å². The maximum absolute atomic E-state index is 13.3. The van der Waals surface area contributed by atoms with E-state index < -0.39 is 0 Å². The summed E-state index contributed by atoms with van der Waals surface area (Å²) in [5.41, 5.74) is 2.40. The van der Waals surface area contributed by atoms with Crippen LogP contribution in [-0.2, 0) is 11.3 Å². The Morgan fingerprint density at radius 1 is 1.00 bits per heavy atom. The molecule has 2 aliphatic rings. The molecule has 4 rings (SSSR count). The van der Waals surface area contributed by atoms with E-state index in [1.54, 1.807) is 6.33 Å². The Morgan fingerprint density at radius 2 is 1.81 bits per heavy atom. The Bertz CT molecular complexity index is 728. The Balaban J connectivity index is 1.37. The summed E-state index contributed by atoms with van der Waals surface area (Å²) in [6.07, 6.45) is 8.74. The van der Waals surface area contributed by atoms with E-state index in [-0.39, 0.29) is 6.04 Å². The summed E-state index contributed by atoms with van der Waals surface area (Å²) in [5.74, 6) is 0.774. The van der Waals surface area contributed by atoms with Gasteiger partial charge >= 0.3 is 0 Å². The van der Waals surface area contributed by atoms with Crippen molar-refractivity contribution < 1.29 is 4.79 Å². The lowest BCUT2D eigenvalue weighted by Crippen LogP contribution is -2.52. The lowest BCUT2D eigenvalue weighted by atomic mass is 9.92. The molecule has 1 unspecified atom stereocenters. The molecule has 0 N–H and O–H groups in total. The molecule has 2 saturated heterocycles. The van der Waals surface area contributed by atoms with Crippen molar-refractivity contribution >= 4 is 5.91 Å². The van der Waals surface area contributed by atoms with Gasteiger partial charge in [-0.25, -0.2) is 9.97 Å². The molecule has 0 saturated carbocycles. The van der Waals surface area contributed by atoms with Gasteiger partial charge in [0, 0.05) is 37.4 Å². The molecule has 2 aliphatic heterocycles. The van der Waals surface area contributed by atoms with Crippen LogP contribution in [0.4, 0.5) is 0 Å². The van der Waals surface area contributed by atoms with Crippen LogP contribution in [0.3, 0.4) is 0 Å². The summed E-state index contributed by atoms with van der Waals surface area (Å²) < 4.78 is 0. The van der Waals surface area contributed by atoms with Gasteiger partial charge in [0.1, 0.15) is 6.33 Å². The molecule has 142 valence electrons. The molecule has 3 heterocycles. The monoisotopic (exact) mass is 364 g/mol. The molecule has 2 fully saturated rings. The second-order valence-corrected chi connectivity index (χ2v) is 7.70. The van der Waals surface area contributed by atoms with E-state index >= 15 is 0 Å². The minimum Gasteiger partial charge on any atom is -0.341 e. The van der Waals surface area contributed by atoms with Crippen LogP contribution in [0.15, 0.2) is 48.9 Å². The average Bonchev–Trinajstić information content (AvgIpc) is 2.75. The van der Waals surface area contributed by atoms with Gasteiger partial charge in [0.05, 0.1) is 6.04 Å². The van der Waals surface area contributed by atoms with E-state index in [0.717, 1.165) is 57.6 Å². The van der Waals surface area contributed by atoms with E-state index in [1.165, 1.54) is 12.0 Å². The zero-order valence-corrected chi connectivity index (χ0v) is 15.8. The molecule has 2 aromatic rings. The van der Waals surface area contributed by atoms with E-state index in [1.807, 2.05) is 18.3 Å². The molecule has 1 aromatic carbocycles. The minimum absolute atomic E-state index is 0.0366. The van der Waals surface area contributed by atoms with Crippen LogP contribution in [0.5, 0.6) is 0 Å². The predicted molar refractivity (Wildman–Crippen MR) is 105 cm³/mol. The number of rotatable bonds is 4. The highest BCUT2D eigenvalue weighted by molar-refractivity contribution is 5.82. The van der Waals surface area contributed by atoms with Gasteiger partial charge in [0.15, 0.2) is 0 Å². The molecule has 0 aliphatic carbocycles. The van der Waals surface area contributed by atoms with E-state index in [2.05, 4.69) is 44.0 Å². The number of likely N-dealkylation sites (tertiary alicyclic amines) is 2. The zero-order valence-electron chi connectivity index (χ0n) is 15.8. The number of aromatic nitrogens is 2. The quantitative estimate of drug-likeness (QED) is 0.836. The highest BCUT2D eigenvalue weighted by Crippen LogP contribution is 2.28. The third-order valence-electron chi connectivity index (χ3n) is 5.96. The molecule has 1 amide bonds. The number of nitrogens with zero attached hydrogens (tertiary/aromatic N) is 4. The van der Waals surface area contributed by atoms with Crippen LogP contribution in [0, 0.1) is 0 Å². The summed E-state index contributed by atoms with van der Waals surface area (Å²) in [6.45, 7) is 3.56. The Morgan fingerprint density at radius 3 is 2.56 bits per heavy atom. The van der Waals surface area contributed by atoms with Gasteiger partial charge in [0.2, 0.25) is 5.91 Å². The topological polar surface area (TPSA) is 49.3 Å². The fourth-order valence-corrected chi connectivity index (χ4v) is 4.43. The van der Waals surface area contributed by atoms with Crippen molar-refractivity contribution in [3.63, 3.8) is 0 Å². The van der Waals surface area contributed by atoms with Crippen molar-refractivity contribution in [3.8, 4) is 0 Å². The summed E-state index contributed by atoms with van der Waals surface area (Å²) in [7, 11) is 0. The van der Waals surface area contributed by atoms with Gasteiger partial charge in [0.25, 0.3) is 0 Å². The summed E-state index contributed by atoms with van der Waals surface area (Å²) in [4.78, 5) is 26.1. The summed E-state index contributed by atoms with van der Waals surface area (Å²) >= 11 is 0. The van der Waals surface area contributed by atoms with Gasteiger partial charge in [-0.3, -0.25) is 9.69 Å². The third kappa shape index (κ3) is 4.35. The molecular weight excluding hydrogens is 336 g/mol. The van der Waals surface area contributed by atoms with E-state index in [4.69, 9.17) is 0 Å². The molecule has 0 radical (unpaired) electrons. The Hall–Kier alpha value is -2.27. The Labute approximate surface area is 161 Å². The fraction of sp³-hybridized carbons (Fsp3) is 0.500. The highest BCUT2D eigenvalue weighted by atomic mass is 16.2. The molecule has 27 heavy (non-hydrogen) atoms. The maximum atomic E-state index is 13.3. The van der Waals surface area contributed by atoms with Crippen molar-refractivity contribution in [2.45, 2.75) is 50.6 Å². The standard InChI is InChI=1S/C22H28N4O/c27-22(25-14-10-19(11-15-25)20-9-12-23-17-24-20)21-8-4-5-13-26(21)16-18-6-2-1-3-7-18/h1-3,6-7,9,12,17,19,21H,4-5,8,10-11,13-16H2. The van der Waals surface area contributed by atoms with Gasteiger partial charge in [-0.1, -0.05) is 36.8 Å². The van der Waals surface area contributed by atoms with Crippen molar-refractivity contribution in [3.05, 3.63) is 60.2 Å². The number of hydrogen-bond acceptors (Lipinski definition) is 4. The van der Waals surface area contributed by atoms with Gasteiger partial charge in [-0.05, 0) is 43.9 Å². The molecule has 5 nitrogen and oxygen atoms in total. The number of carbonyl (C=O) groups excluding carboxylic acids is 1. The molecule has 1 atom stereocenters. The Kier molecular flexibility index (Phi) is 5.78. The van der Waals surface area contributed by atoms with Crippen LogP contribution < -0.4 is 0 Å². The van der Waals surface area contributed by atoms with Crippen molar-refractivity contribution in [1.82, 2.24) is 19.8 Å². The van der Waals surface area contributed by atoms with Crippen molar-refractivity contribution in [2.24, 2.45) is 0 Å². The zero-order chi connectivity index (χ0) is 18.5. The maximum Gasteiger partial charge on any atom is 0.239 e. The van der Waals surface area contributed by atoms with Gasteiger partial charge < -0.3 is 4.90 Å². The summed E-state index contributed by atoms with van der Waals surface area (Å²) in [6, 6.07) is 12.6. The second kappa shape index (κ2) is 8.61. The van der Waals surface area contributed by atoms with Crippen molar-refractivity contribution in [2.75, 3.05) is 19.6 Å². The number of piperidine rings is 2. The summed E-state index contributed by atoms with van der Waals surface area (Å²) in [5, 5.41) is 0. The van der Waals surface area contributed by atoms with Crippen LogP contribution in [0.25, 0.3) is 0 Å². The first-order valence-corrected chi connectivity index (χ1v) is 10.1. The second-order valence-electron chi connectivity index (χ2n) is 7.70. The SMILES string of the molecule is O=C(C1CCCCN1Cc1ccccc1)N1CCC(c2ccncn2)CC1. The van der Waals surface area contributed by atoms with Crippen LogP contribution >= 0.6 is 0 Å². The lowest BCUT2D eigenvalue weighted by molar-refractivity contribution is -0.139. The third-order valence-corrected chi connectivity index (χ3v) is 5.96. The predicted octanol–water partition coefficient (Wildman–Crippen LogP) is 3.24. The van der Waals surface area contributed by atoms with E-state index in [9.17, 15) is 4.79 Å². The number of carbonyl (C=O) groups is 1. The number of hydrogen-bond donors (Lipinski definition) is 0. The molecule has 1 aromatic heterocycles. The van der Waals surface area contributed by atoms with Crippen LogP contribution in [0.1, 0.15) is 49.3 Å². The largest absolute Gasteiger partial charge is 0.341 e. The molecule has 5 heteroatoms. The first-order chi connectivity index (χ1) is 13.3. The normalized spacial score (nSPS) is 21.9. The van der Waals surface area contributed by atoms with E-state index in [0.29, 0.717) is 11.8 Å². The first kappa shape index (κ1) is 18.1. The average molecular weight is 364 g/mol. The fourth-order valence-electron chi connectivity index (χ4n) is 4.43. The lowest BCUT2D eigenvalue weighted by Gasteiger charge is -2.40. The molecule has 0 bridgehead atoms. The van der Waals surface area contributed by atoms with Gasteiger partial charge in [-0.15, -0.1) is 0 Å². The van der Waals surface area contributed by atoms with Crippen LogP contribution in [-0.4, -0.2) is 51.4 Å². The highest BCUT2D eigenvalue weighted by Gasteiger charge is 2.34. The first-order valence-electron chi connectivity index (χ1n) is 10.1. The minimum atomic E-state index is 0.0366. The number of benzene rings is 1. The van der Waals surface area contributed by atoms with Crippen LogP contribution in [0.2, 0.25) is 0 Å². The smallest absolute Gasteiger partial charge is 0.239 e.